The number of nitrogens with zero attached hydrogens (tertiary/aromatic N) is 1. The molecule has 0 fully saturated rings. The highest BCUT2D eigenvalue weighted by Crippen LogP contribution is 2.06. The number of Topliss-reactive ketones (excluding diaryl/α,β-unsaturated/α-hetero) is 1. The number of hydrogen-bond donors (Lipinski definition) is 2. The first-order valence-corrected chi connectivity index (χ1v) is 5.34. The third kappa shape index (κ3) is 4.42. The average Bonchev–Trinajstić information content (AvgIpc) is 2.24. The molecule has 0 unspecified atom stereocenters. The molecule has 16 heavy (non-hydrogen) atoms. The number of likely N-dealkylation sites (N-methyl/N-ethyl adjacent to an activating group) is 1. The fourth-order valence-corrected chi connectivity index (χ4v) is 1.32. The second kappa shape index (κ2) is 6.25. The van der Waals surface area contributed by atoms with E-state index in [1.54, 1.807) is 24.3 Å². The summed E-state index contributed by atoms with van der Waals surface area (Å²) in [5.74, 6) is 0.0751. The summed E-state index contributed by atoms with van der Waals surface area (Å²) in [6.07, 6.45) is 0. The third-order valence-electron chi connectivity index (χ3n) is 2.23. The Morgan fingerprint density at radius 1 is 1.44 bits per heavy atom. The van der Waals surface area contributed by atoms with Crippen LogP contribution in [0.4, 0.5) is 5.69 Å². The molecule has 4 heteroatoms. The van der Waals surface area contributed by atoms with Gasteiger partial charge in [0.1, 0.15) is 0 Å². The van der Waals surface area contributed by atoms with Crippen molar-refractivity contribution < 1.29 is 4.79 Å². The summed E-state index contributed by atoms with van der Waals surface area (Å²) in [6.45, 7) is 2.09. The summed E-state index contributed by atoms with van der Waals surface area (Å²) in [5, 5.41) is 3.10. The third-order valence-corrected chi connectivity index (χ3v) is 2.23. The van der Waals surface area contributed by atoms with Crippen molar-refractivity contribution in [2.75, 3.05) is 39.5 Å². The van der Waals surface area contributed by atoms with E-state index in [9.17, 15) is 4.79 Å². The van der Waals surface area contributed by atoms with Crippen LogP contribution in [0.2, 0.25) is 0 Å². The van der Waals surface area contributed by atoms with Crippen molar-refractivity contribution in [3.63, 3.8) is 0 Å². The number of nitrogens with two attached hydrogens (primary N) is 1. The molecule has 0 aliphatic heterocycles. The second-order valence-corrected chi connectivity index (χ2v) is 4.03. The molecule has 0 saturated heterocycles. The van der Waals surface area contributed by atoms with E-state index >= 15 is 0 Å². The quantitative estimate of drug-likeness (QED) is 0.419. The molecular weight excluding hydrogens is 202 g/mol. The normalized spacial score (nSPS) is 10.7. The molecule has 4 nitrogen and oxygen atoms in total. The molecule has 1 rings (SSSR count). The Kier molecular flexibility index (Phi) is 4.95. The minimum atomic E-state index is 0.0751. The van der Waals surface area contributed by atoms with Gasteiger partial charge in [0, 0.05) is 24.3 Å². The number of rotatable bonds is 6. The van der Waals surface area contributed by atoms with Crippen LogP contribution in [0.15, 0.2) is 24.3 Å². The summed E-state index contributed by atoms with van der Waals surface area (Å²) in [7, 11) is 4.00. The minimum Gasteiger partial charge on any atom is -0.399 e. The number of carbonyl (C=O) groups excluding carboxylic acids is 1. The Bertz CT molecular complexity index is 350. The minimum absolute atomic E-state index is 0.0751. The van der Waals surface area contributed by atoms with E-state index < -0.39 is 0 Å². The first-order chi connectivity index (χ1) is 7.59. The van der Waals surface area contributed by atoms with E-state index in [1.807, 2.05) is 14.1 Å². The van der Waals surface area contributed by atoms with Crippen LogP contribution >= 0.6 is 0 Å². The van der Waals surface area contributed by atoms with Crippen LogP contribution in [0.1, 0.15) is 10.4 Å². The standard InChI is InChI=1S/C12H19N3O/c1-15(2)7-6-14-9-12(16)10-4-3-5-11(13)8-10/h3-5,8,14H,6-7,9,13H2,1-2H3. The Morgan fingerprint density at radius 3 is 2.81 bits per heavy atom. The van der Waals surface area contributed by atoms with Crippen molar-refractivity contribution in [2.45, 2.75) is 0 Å². The van der Waals surface area contributed by atoms with Gasteiger partial charge < -0.3 is 16.0 Å². The van der Waals surface area contributed by atoms with Crippen LogP contribution in [0.5, 0.6) is 0 Å². The fraction of sp³-hybridized carbons (Fsp3) is 0.417. The molecule has 0 aliphatic carbocycles. The fourth-order valence-electron chi connectivity index (χ4n) is 1.32. The maximum absolute atomic E-state index is 11.7. The number of carbonyl (C=O) groups is 1. The van der Waals surface area contributed by atoms with Crippen LogP contribution in [0, 0.1) is 0 Å². The van der Waals surface area contributed by atoms with Crippen LogP contribution < -0.4 is 11.1 Å². The van der Waals surface area contributed by atoms with E-state index in [2.05, 4.69) is 10.2 Å². The summed E-state index contributed by atoms with van der Waals surface area (Å²) in [6, 6.07) is 7.06. The maximum atomic E-state index is 11.7. The van der Waals surface area contributed by atoms with Crippen LogP contribution in [0.25, 0.3) is 0 Å². The molecule has 0 heterocycles. The zero-order valence-electron chi connectivity index (χ0n) is 9.86. The van der Waals surface area contributed by atoms with E-state index in [0.29, 0.717) is 17.8 Å². The lowest BCUT2D eigenvalue weighted by atomic mass is 10.1. The maximum Gasteiger partial charge on any atom is 0.176 e. The van der Waals surface area contributed by atoms with Gasteiger partial charge in [0.05, 0.1) is 6.54 Å². The van der Waals surface area contributed by atoms with Gasteiger partial charge >= 0.3 is 0 Å². The monoisotopic (exact) mass is 221 g/mol. The van der Waals surface area contributed by atoms with Crippen molar-refractivity contribution >= 4 is 11.5 Å². The Balaban J connectivity index is 2.35. The van der Waals surface area contributed by atoms with Gasteiger partial charge in [-0.05, 0) is 26.2 Å². The van der Waals surface area contributed by atoms with E-state index in [0.717, 1.165) is 13.1 Å². The van der Waals surface area contributed by atoms with Gasteiger partial charge in [0.15, 0.2) is 5.78 Å². The Hall–Kier alpha value is -1.39. The molecule has 0 amide bonds. The lowest BCUT2D eigenvalue weighted by molar-refractivity contribution is 0.0990. The zero-order chi connectivity index (χ0) is 12.0. The molecular formula is C12H19N3O. The number of ketones is 1. The van der Waals surface area contributed by atoms with E-state index in [-0.39, 0.29) is 5.78 Å². The van der Waals surface area contributed by atoms with E-state index in [1.165, 1.54) is 0 Å². The molecule has 0 aliphatic rings. The van der Waals surface area contributed by atoms with Crippen LogP contribution in [-0.2, 0) is 0 Å². The van der Waals surface area contributed by atoms with Gasteiger partial charge in [-0.2, -0.15) is 0 Å². The summed E-state index contributed by atoms with van der Waals surface area (Å²) < 4.78 is 0. The molecule has 88 valence electrons. The van der Waals surface area contributed by atoms with Crippen molar-refractivity contribution in [1.82, 2.24) is 10.2 Å². The molecule has 3 N–H and O–H groups in total. The van der Waals surface area contributed by atoms with Crippen LogP contribution in [0.3, 0.4) is 0 Å². The first-order valence-electron chi connectivity index (χ1n) is 5.34. The molecule has 0 radical (unpaired) electrons. The number of anilines is 1. The Morgan fingerprint density at radius 2 is 2.19 bits per heavy atom. The highest BCUT2D eigenvalue weighted by Gasteiger charge is 2.04. The number of benzene rings is 1. The second-order valence-electron chi connectivity index (χ2n) is 4.03. The van der Waals surface area contributed by atoms with Gasteiger partial charge in [0.2, 0.25) is 0 Å². The smallest absolute Gasteiger partial charge is 0.176 e. The number of nitrogen functional groups attached to an aromatic ring is 1. The average molecular weight is 221 g/mol. The SMILES string of the molecule is CN(C)CCNCC(=O)c1cccc(N)c1. The first kappa shape index (κ1) is 12.7. The lowest BCUT2D eigenvalue weighted by Crippen LogP contribution is -2.30. The molecule has 0 bridgehead atoms. The largest absolute Gasteiger partial charge is 0.399 e. The van der Waals surface area contributed by atoms with Crippen molar-refractivity contribution in [3.05, 3.63) is 29.8 Å². The summed E-state index contributed by atoms with van der Waals surface area (Å²) >= 11 is 0. The number of nitrogens with one attached hydrogen (secondary N) is 1. The number of hydrogen-bond acceptors (Lipinski definition) is 4. The Labute approximate surface area is 96.4 Å². The van der Waals surface area contributed by atoms with Crippen molar-refractivity contribution in [2.24, 2.45) is 0 Å². The van der Waals surface area contributed by atoms with Gasteiger partial charge in [-0.15, -0.1) is 0 Å². The summed E-state index contributed by atoms with van der Waals surface area (Å²) in [5.41, 5.74) is 6.90. The highest BCUT2D eigenvalue weighted by atomic mass is 16.1. The summed E-state index contributed by atoms with van der Waals surface area (Å²) in [4.78, 5) is 13.8. The molecule has 1 aromatic carbocycles. The zero-order valence-corrected chi connectivity index (χ0v) is 9.86. The lowest BCUT2D eigenvalue weighted by Gasteiger charge is -2.09. The van der Waals surface area contributed by atoms with Gasteiger partial charge in [-0.3, -0.25) is 4.79 Å². The van der Waals surface area contributed by atoms with Gasteiger partial charge in [0.25, 0.3) is 0 Å². The molecule has 0 aromatic heterocycles. The predicted octanol–water partition coefficient (Wildman–Crippen LogP) is 0.603. The van der Waals surface area contributed by atoms with Gasteiger partial charge in [-0.1, -0.05) is 12.1 Å². The van der Waals surface area contributed by atoms with E-state index in [4.69, 9.17) is 5.73 Å². The van der Waals surface area contributed by atoms with Gasteiger partial charge in [-0.25, -0.2) is 0 Å². The molecule has 1 aromatic rings. The highest BCUT2D eigenvalue weighted by molar-refractivity contribution is 5.98. The predicted molar refractivity (Wildman–Crippen MR) is 66.6 cm³/mol. The van der Waals surface area contributed by atoms with Crippen molar-refractivity contribution in [3.8, 4) is 0 Å². The topological polar surface area (TPSA) is 58.4 Å². The molecule has 0 atom stereocenters. The molecule has 0 spiro atoms. The molecule has 0 saturated carbocycles. The van der Waals surface area contributed by atoms with Crippen molar-refractivity contribution in [1.29, 1.82) is 0 Å². The van der Waals surface area contributed by atoms with Crippen LogP contribution in [-0.4, -0.2) is 44.4 Å².